The van der Waals surface area contributed by atoms with Gasteiger partial charge in [-0.05, 0) is 42.7 Å². The molecule has 2 aromatic carbocycles. The van der Waals surface area contributed by atoms with Crippen molar-refractivity contribution < 1.29 is 14.3 Å². The minimum atomic E-state index is -0.141. The summed E-state index contributed by atoms with van der Waals surface area (Å²) in [6.07, 6.45) is 1.73. The zero-order chi connectivity index (χ0) is 17.7. The molecule has 0 spiro atoms. The normalized spacial score (nSPS) is 15.6. The number of rotatable bonds is 5. The molecule has 0 aliphatic carbocycles. The lowest BCUT2D eigenvalue weighted by molar-refractivity contribution is 0.0487. The molecular weight excluding hydrogens is 352 g/mol. The first-order chi connectivity index (χ1) is 12.1. The number of halogens is 1. The van der Waals surface area contributed by atoms with Gasteiger partial charge in [0.05, 0.1) is 12.7 Å². The summed E-state index contributed by atoms with van der Waals surface area (Å²) in [6.45, 7) is 1.93. The second-order valence-electron chi connectivity index (χ2n) is 6.39. The Morgan fingerprint density at radius 2 is 1.81 bits per heavy atom. The maximum atomic E-state index is 12.5. The van der Waals surface area contributed by atoms with Gasteiger partial charge < -0.3 is 20.5 Å². The molecule has 1 aliphatic heterocycles. The number of methoxy groups -OCH3 is 1. The summed E-state index contributed by atoms with van der Waals surface area (Å²) < 4.78 is 10.8. The Labute approximate surface area is 160 Å². The number of nitrogens with one attached hydrogen (secondary N) is 1. The lowest BCUT2D eigenvalue weighted by Crippen LogP contribution is -2.44. The predicted octanol–water partition coefficient (Wildman–Crippen LogP) is 3.18. The minimum absolute atomic E-state index is 0. The summed E-state index contributed by atoms with van der Waals surface area (Å²) in [5, 5.41) is 3.07. The fourth-order valence-corrected chi connectivity index (χ4v) is 3.32. The molecule has 3 N–H and O–H groups in total. The molecule has 6 heteroatoms. The lowest BCUT2D eigenvalue weighted by Gasteiger charge is -2.38. The average molecular weight is 377 g/mol. The van der Waals surface area contributed by atoms with Crippen molar-refractivity contribution in [3.8, 4) is 5.75 Å². The quantitative estimate of drug-likeness (QED) is 0.786. The highest BCUT2D eigenvalue weighted by Gasteiger charge is 2.35. The number of benzene rings is 2. The van der Waals surface area contributed by atoms with Crippen molar-refractivity contribution in [2.24, 2.45) is 0 Å². The Morgan fingerprint density at radius 3 is 2.42 bits per heavy atom. The molecule has 0 radical (unpaired) electrons. The molecule has 3 rings (SSSR count). The Bertz CT molecular complexity index is 728. The fourth-order valence-electron chi connectivity index (χ4n) is 3.32. The summed E-state index contributed by atoms with van der Waals surface area (Å²) >= 11 is 0. The number of anilines is 1. The number of hydrogen-bond acceptors (Lipinski definition) is 4. The third-order valence-corrected chi connectivity index (χ3v) is 4.95. The second-order valence-corrected chi connectivity index (χ2v) is 6.39. The van der Waals surface area contributed by atoms with E-state index in [1.807, 2.05) is 24.3 Å². The van der Waals surface area contributed by atoms with E-state index in [0.717, 1.165) is 18.6 Å². The summed E-state index contributed by atoms with van der Waals surface area (Å²) in [5.74, 6) is 0.685. The van der Waals surface area contributed by atoms with E-state index in [9.17, 15) is 4.79 Å². The van der Waals surface area contributed by atoms with Crippen molar-refractivity contribution in [1.82, 2.24) is 5.32 Å². The van der Waals surface area contributed by atoms with Crippen LogP contribution in [0.4, 0.5) is 5.69 Å². The molecular formula is C20H25ClN2O3. The van der Waals surface area contributed by atoms with Crippen molar-refractivity contribution in [2.75, 3.05) is 32.6 Å². The number of carbonyl (C=O) groups excluding carboxylic acids is 1. The highest BCUT2D eigenvalue weighted by atomic mass is 35.5. The monoisotopic (exact) mass is 376 g/mol. The van der Waals surface area contributed by atoms with Crippen LogP contribution in [-0.2, 0) is 10.2 Å². The third kappa shape index (κ3) is 4.29. The standard InChI is InChI=1S/C20H24N2O3.ClH/c1-24-16-8-6-15(7-9-16)20(10-12-25-13-11-20)14-22-19(23)17-4-2-3-5-18(17)21;/h2-9H,10-14,21H2,1H3,(H,22,23);1H. The van der Waals surface area contributed by atoms with Crippen molar-refractivity contribution in [1.29, 1.82) is 0 Å². The van der Waals surface area contributed by atoms with Gasteiger partial charge in [0.2, 0.25) is 0 Å². The zero-order valence-electron chi connectivity index (χ0n) is 14.9. The van der Waals surface area contributed by atoms with Crippen molar-refractivity contribution in [3.05, 3.63) is 59.7 Å². The van der Waals surface area contributed by atoms with E-state index in [1.165, 1.54) is 5.56 Å². The zero-order valence-corrected chi connectivity index (χ0v) is 15.7. The van der Waals surface area contributed by atoms with Crippen LogP contribution >= 0.6 is 12.4 Å². The van der Waals surface area contributed by atoms with Crippen LogP contribution in [0.25, 0.3) is 0 Å². The molecule has 5 nitrogen and oxygen atoms in total. The molecule has 0 bridgehead atoms. The van der Waals surface area contributed by atoms with E-state index in [0.29, 0.717) is 31.0 Å². The first-order valence-electron chi connectivity index (χ1n) is 8.50. The maximum absolute atomic E-state index is 12.5. The van der Waals surface area contributed by atoms with Gasteiger partial charge >= 0.3 is 0 Å². The molecule has 1 heterocycles. The molecule has 0 aromatic heterocycles. The van der Waals surface area contributed by atoms with Gasteiger partial charge in [0.25, 0.3) is 5.91 Å². The minimum Gasteiger partial charge on any atom is -0.497 e. The molecule has 1 amide bonds. The molecule has 140 valence electrons. The van der Waals surface area contributed by atoms with E-state index in [1.54, 1.807) is 19.2 Å². The summed E-state index contributed by atoms with van der Waals surface area (Å²) in [7, 11) is 1.66. The predicted molar refractivity (Wildman–Crippen MR) is 105 cm³/mol. The largest absolute Gasteiger partial charge is 0.497 e. The van der Waals surface area contributed by atoms with Crippen LogP contribution in [0.2, 0.25) is 0 Å². The number of nitrogens with two attached hydrogens (primary N) is 1. The first-order valence-corrected chi connectivity index (χ1v) is 8.50. The van der Waals surface area contributed by atoms with Gasteiger partial charge in [-0.25, -0.2) is 0 Å². The highest BCUT2D eigenvalue weighted by molar-refractivity contribution is 5.99. The number of amides is 1. The van der Waals surface area contributed by atoms with Gasteiger partial charge in [-0.3, -0.25) is 4.79 Å². The van der Waals surface area contributed by atoms with Gasteiger partial charge in [0, 0.05) is 30.9 Å². The molecule has 1 saturated heterocycles. The van der Waals surface area contributed by atoms with E-state index in [2.05, 4.69) is 17.4 Å². The Hall–Kier alpha value is -2.24. The van der Waals surface area contributed by atoms with Gasteiger partial charge in [-0.15, -0.1) is 12.4 Å². The van der Waals surface area contributed by atoms with E-state index in [-0.39, 0.29) is 23.7 Å². The molecule has 26 heavy (non-hydrogen) atoms. The van der Waals surface area contributed by atoms with Gasteiger partial charge in [-0.1, -0.05) is 24.3 Å². The van der Waals surface area contributed by atoms with Crippen molar-refractivity contribution in [3.63, 3.8) is 0 Å². The SMILES string of the molecule is COc1ccc(C2(CNC(=O)c3ccccc3N)CCOCC2)cc1.Cl. The number of hydrogen-bond donors (Lipinski definition) is 2. The van der Waals surface area contributed by atoms with Crippen molar-refractivity contribution >= 4 is 24.0 Å². The fraction of sp³-hybridized carbons (Fsp3) is 0.350. The van der Waals surface area contributed by atoms with Crippen LogP contribution in [0.1, 0.15) is 28.8 Å². The number of para-hydroxylation sites is 1. The highest BCUT2D eigenvalue weighted by Crippen LogP contribution is 2.35. The van der Waals surface area contributed by atoms with Gasteiger partial charge in [-0.2, -0.15) is 0 Å². The van der Waals surface area contributed by atoms with E-state index < -0.39 is 0 Å². The number of carbonyl (C=O) groups is 1. The maximum Gasteiger partial charge on any atom is 0.253 e. The molecule has 0 atom stereocenters. The molecule has 2 aromatic rings. The topological polar surface area (TPSA) is 73.6 Å². The molecule has 1 aliphatic rings. The molecule has 1 fully saturated rings. The van der Waals surface area contributed by atoms with Crippen LogP contribution in [0.5, 0.6) is 5.75 Å². The van der Waals surface area contributed by atoms with E-state index in [4.69, 9.17) is 15.2 Å². The second kappa shape index (κ2) is 8.92. The Kier molecular flexibility index (Phi) is 6.89. The van der Waals surface area contributed by atoms with Crippen LogP contribution in [0.3, 0.4) is 0 Å². The number of ether oxygens (including phenoxy) is 2. The smallest absolute Gasteiger partial charge is 0.253 e. The average Bonchev–Trinajstić information content (AvgIpc) is 2.67. The molecule has 0 unspecified atom stereocenters. The molecule has 0 saturated carbocycles. The van der Waals surface area contributed by atoms with Gasteiger partial charge in [0.1, 0.15) is 5.75 Å². The van der Waals surface area contributed by atoms with Crippen LogP contribution in [0.15, 0.2) is 48.5 Å². The number of nitrogen functional groups attached to an aromatic ring is 1. The first kappa shape index (κ1) is 20.1. The third-order valence-electron chi connectivity index (χ3n) is 4.95. The summed E-state index contributed by atoms with van der Waals surface area (Å²) in [4.78, 5) is 12.5. The summed E-state index contributed by atoms with van der Waals surface area (Å²) in [5.41, 5.74) is 7.97. The van der Waals surface area contributed by atoms with E-state index >= 15 is 0 Å². The van der Waals surface area contributed by atoms with Crippen LogP contribution in [0, 0.1) is 0 Å². The lowest BCUT2D eigenvalue weighted by atomic mass is 9.74. The summed E-state index contributed by atoms with van der Waals surface area (Å²) in [6, 6.07) is 15.2. The Balaban J connectivity index is 0.00000243. The van der Waals surface area contributed by atoms with Crippen LogP contribution < -0.4 is 15.8 Å². The van der Waals surface area contributed by atoms with Crippen LogP contribution in [-0.4, -0.2) is 32.8 Å². The Morgan fingerprint density at radius 1 is 1.15 bits per heavy atom. The van der Waals surface area contributed by atoms with Crippen molar-refractivity contribution in [2.45, 2.75) is 18.3 Å². The van der Waals surface area contributed by atoms with Gasteiger partial charge in [0.15, 0.2) is 0 Å².